The SMILES string of the molecule is Cc1nnc(NS(=O)(=O)c2ccnc(Cl)c2)s1. The summed E-state index contributed by atoms with van der Waals surface area (Å²) in [6.45, 7) is 1.73. The van der Waals surface area contributed by atoms with E-state index < -0.39 is 10.0 Å². The maximum absolute atomic E-state index is 11.9. The average Bonchev–Trinajstić information content (AvgIpc) is 2.63. The lowest BCUT2D eigenvalue weighted by atomic mass is 10.5. The van der Waals surface area contributed by atoms with Crippen molar-refractivity contribution < 1.29 is 8.42 Å². The second-order valence-electron chi connectivity index (χ2n) is 3.05. The molecule has 2 aromatic heterocycles. The molecule has 0 spiro atoms. The number of aromatic nitrogens is 3. The van der Waals surface area contributed by atoms with Crippen molar-refractivity contribution in [3.63, 3.8) is 0 Å². The lowest BCUT2D eigenvalue weighted by molar-refractivity contribution is 0.601. The molecular weight excluding hydrogens is 284 g/mol. The predicted octanol–water partition coefficient (Wildman–Crippen LogP) is 1.70. The smallest absolute Gasteiger partial charge is 0.253 e. The molecule has 2 heterocycles. The minimum atomic E-state index is -3.69. The van der Waals surface area contributed by atoms with Crippen LogP contribution in [0.25, 0.3) is 0 Å². The van der Waals surface area contributed by atoms with E-state index in [2.05, 4.69) is 19.9 Å². The summed E-state index contributed by atoms with van der Waals surface area (Å²) in [6.07, 6.45) is 1.32. The number of nitrogens with one attached hydrogen (secondary N) is 1. The van der Waals surface area contributed by atoms with Crippen LogP contribution in [0, 0.1) is 6.92 Å². The molecule has 0 amide bonds. The summed E-state index contributed by atoms with van der Waals surface area (Å²) >= 11 is 6.78. The van der Waals surface area contributed by atoms with Crippen molar-refractivity contribution in [2.45, 2.75) is 11.8 Å². The molecule has 17 heavy (non-hydrogen) atoms. The van der Waals surface area contributed by atoms with Gasteiger partial charge in [0.1, 0.15) is 10.2 Å². The van der Waals surface area contributed by atoms with Crippen molar-refractivity contribution in [1.29, 1.82) is 0 Å². The molecule has 0 unspecified atom stereocenters. The van der Waals surface area contributed by atoms with E-state index in [1.807, 2.05) is 0 Å². The lowest BCUT2D eigenvalue weighted by Gasteiger charge is -2.03. The van der Waals surface area contributed by atoms with Crippen molar-refractivity contribution in [2.75, 3.05) is 4.72 Å². The fraction of sp³-hybridized carbons (Fsp3) is 0.125. The molecule has 0 saturated carbocycles. The number of rotatable bonds is 3. The third-order valence-electron chi connectivity index (χ3n) is 1.76. The van der Waals surface area contributed by atoms with E-state index in [0.717, 1.165) is 11.3 Å². The molecule has 0 fully saturated rings. The van der Waals surface area contributed by atoms with E-state index >= 15 is 0 Å². The van der Waals surface area contributed by atoms with Crippen molar-refractivity contribution in [3.8, 4) is 0 Å². The molecule has 0 atom stereocenters. The van der Waals surface area contributed by atoms with Gasteiger partial charge in [-0.1, -0.05) is 22.9 Å². The minimum absolute atomic E-state index is 0.0327. The first-order valence-corrected chi connectivity index (χ1v) is 7.09. The van der Waals surface area contributed by atoms with Crippen LogP contribution in [0.3, 0.4) is 0 Å². The second kappa shape index (κ2) is 4.55. The van der Waals surface area contributed by atoms with Crippen LogP contribution in [0.1, 0.15) is 5.01 Å². The zero-order valence-corrected chi connectivity index (χ0v) is 11.0. The summed E-state index contributed by atoms with van der Waals surface area (Å²) in [7, 11) is -3.69. The van der Waals surface area contributed by atoms with Gasteiger partial charge in [-0.2, -0.15) is 0 Å². The number of sulfonamides is 1. The number of aryl methyl sites for hydroxylation is 1. The summed E-state index contributed by atoms with van der Waals surface area (Å²) in [4.78, 5) is 3.75. The molecule has 0 aliphatic heterocycles. The summed E-state index contributed by atoms with van der Waals surface area (Å²) in [5, 5.41) is 8.40. The molecule has 1 N–H and O–H groups in total. The van der Waals surface area contributed by atoms with Gasteiger partial charge in [0.15, 0.2) is 0 Å². The minimum Gasteiger partial charge on any atom is -0.253 e. The molecular formula is C8H7ClN4O2S2. The molecule has 9 heteroatoms. The highest BCUT2D eigenvalue weighted by Gasteiger charge is 2.16. The fourth-order valence-corrected chi connectivity index (χ4v) is 3.14. The van der Waals surface area contributed by atoms with Crippen LogP contribution in [0.15, 0.2) is 23.2 Å². The van der Waals surface area contributed by atoms with Crippen molar-refractivity contribution >= 4 is 38.1 Å². The van der Waals surface area contributed by atoms with Gasteiger partial charge >= 0.3 is 0 Å². The summed E-state index contributed by atoms with van der Waals surface area (Å²) < 4.78 is 26.1. The van der Waals surface area contributed by atoms with Gasteiger partial charge in [0.05, 0.1) is 4.90 Å². The Hall–Kier alpha value is -1.25. The highest BCUT2D eigenvalue weighted by molar-refractivity contribution is 7.93. The highest BCUT2D eigenvalue weighted by Crippen LogP contribution is 2.20. The van der Waals surface area contributed by atoms with Gasteiger partial charge in [-0.3, -0.25) is 4.72 Å². The van der Waals surface area contributed by atoms with Crippen molar-refractivity contribution in [3.05, 3.63) is 28.5 Å². The van der Waals surface area contributed by atoms with Crippen molar-refractivity contribution in [1.82, 2.24) is 15.2 Å². The van der Waals surface area contributed by atoms with Gasteiger partial charge in [0, 0.05) is 6.20 Å². The Morgan fingerprint density at radius 3 is 2.76 bits per heavy atom. The van der Waals surface area contributed by atoms with Crippen LogP contribution in [-0.4, -0.2) is 23.6 Å². The van der Waals surface area contributed by atoms with Crippen LogP contribution in [0.5, 0.6) is 0 Å². The van der Waals surface area contributed by atoms with Crippen LogP contribution in [0.4, 0.5) is 5.13 Å². The molecule has 2 rings (SSSR count). The van der Waals surface area contributed by atoms with Gasteiger partial charge in [-0.25, -0.2) is 13.4 Å². The molecule has 6 nitrogen and oxygen atoms in total. The highest BCUT2D eigenvalue weighted by atomic mass is 35.5. The standard InChI is InChI=1S/C8H7ClN4O2S2/c1-5-11-12-8(16-5)13-17(14,15)6-2-3-10-7(9)4-6/h2-4H,1H3,(H,12,13). The number of hydrogen-bond donors (Lipinski definition) is 1. The Labute approximate surface area is 107 Å². The van der Waals surface area contributed by atoms with Gasteiger partial charge in [0.2, 0.25) is 5.13 Å². The van der Waals surface area contributed by atoms with E-state index in [0.29, 0.717) is 5.01 Å². The number of anilines is 1. The molecule has 2 aromatic rings. The first-order chi connectivity index (χ1) is 7.97. The third kappa shape index (κ3) is 2.90. The second-order valence-corrected chi connectivity index (χ2v) is 6.30. The average molecular weight is 291 g/mol. The summed E-state index contributed by atoms with van der Waals surface area (Å²) in [5.41, 5.74) is 0. The Morgan fingerprint density at radius 2 is 2.18 bits per heavy atom. The molecule has 0 bridgehead atoms. The van der Waals surface area contributed by atoms with Crippen LogP contribution >= 0.6 is 22.9 Å². The Kier molecular flexibility index (Phi) is 3.27. The Bertz CT molecular complexity index is 640. The normalized spacial score (nSPS) is 11.4. The number of hydrogen-bond acceptors (Lipinski definition) is 6. The van der Waals surface area contributed by atoms with Gasteiger partial charge in [0.25, 0.3) is 10.0 Å². The summed E-state index contributed by atoms with van der Waals surface area (Å²) in [6, 6.07) is 2.61. The first kappa shape index (κ1) is 12.2. The molecule has 0 aliphatic rings. The van der Waals surface area contributed by atoms with Crippen LogP contribution < -0.4 is 4.72 Å². The van der Waals surface area contributed by atoms with E-state index in [9.17, 15) is 8.42 Å². The predicted molar refractivity (Wildman–Crippen MR) is 64.7 cm³/mol. The molecule has 0 aromatic carbocycles. The quantitative estimate of drug-likeness (QED) is 0.870. The number of pyridine rings is 1. The van der Waals surface area contributed by atoms with Gasteiger partial charge < -0.3 is 0 Å². The zero-order valence-electron chi connectivity index (χ0n) is 8.58. The maximum atomic E-state index is 11.9. The van der Waals surface area contributed by atoms with Crippen LogP contribution in [0.2, 0.25) is 5.15 Å². The Balaban J connectivity index is 2.31. The first-order valence-electron chi connectivity index (χ1n) is 4.42. The fourth-order valence-electron chi connectivity index (χ4n) is 1.06. The van der Waals surface area contributed by atoms with E-state index in [-0.39, 0.29) is 15.2 Å². The monoisotopic (exact) mass is 290 g/mol. The van der Waals surface area contributed by atoms with Crippen LogP contribution in [-0.2, 0) is 10.0 Å². The topological polar surface area (TPSA) is 84.8 Å². The van der Waals surface area contributed by atoms with E-state index in [1.54, 1.807) is 6.92 Å². The number of halogens is 1. The van der Waals surface area contributed by atoms with Gasteiger partial charge in [-0.05, 0) is 19.1 Å². The van der Waals surface area contributed by atoms with Crippen molar-refractivity contribution in [2.24, 2.45) is 0 Å². The largest absolute Gasteiger partial charge is 0.263 e. The van der Waals surface area contributed by atoms with Gasteiger partial charge in [-0.15, -0.1) is 10.2 Å². The molecule has 0 saturated heterocycles. The zero-order chi connectivity index (χ0) is 12.5. The Morgan fingerprint density at radius 1 is 1.41 bits per heavy atom. The van der Waals surface area contributed by atoms with E-state index in [1.165, 1.54) is 18.3 Å². The molecule has 0 aliphatic carbocycles. The summed E-state index contributed by atoms with van der Waals surface area (Å²) in [5.74, 6) is 0. The number of nitrogens with zero attached hydrogens (tertiary/aromatic N) is 3. The lowest BCUT2D eigenvalue weighted by Crippen LogP contribution is -2.12. The maximum Gasteiger partial charge on any atom is 0.263 e. The molecule has 0 radical (unpaired) electrons. The molecule has 90 valence electrons. The third-order valence-corrected chi connectivity index (χ3v) is 4.18. The van der Waals surface area contributed by atoms with E-state index in [4.69, 9.17) is 11.6 Å².